The van der Waals surface area contributed by atoms with E-state index < -0.39 is 47.7 Å². The molecule has 4 N–H and O–H groups in total. The number of phenolic OH excluding ortho intramolecular Hbond substituents is 2. The lowest BCUT2D eigenvalue weighted by atomic mass is 9.97. The van der Waals surface area contributed by atoms with Crippen LogP contribution in [0.5, 0.6) is 11.5 Å². The second-order valence-corrected chi connectivity index (χ2v) is 11.3. The molecule has 0 aliphatic heterocycles. The fourth-order valence-corrected chi connectivity index (χ4v) is 3.88. The van der Waals surface area contributed by atoms with Gasteiger partial charge in [0.05, 0.1) is 6.07 Å². The molecule has 10 nitrogen and oxygen atoms in total. The smallest absolute Gasteiger partial charge is 0.408 e. The lowest BCUT2D eigenvalue weighted by Crippen LogP contribution is -2.55. The van der Waals surface area contributed by atoms with Crippen LogP contribution in [0.2, 0.25) is 0 Å². The van der Waals surface area contributed by atoms with Gasteiger partial charge in [-0.1, -0.05) is 30.3 Å². The molecule has 2 aromatic rings. The Bertz CT molecular complexity index is 1220. The van der Waals surface area contributed by atoms with Gasteiger partial charge in [0.15, 0.2) is 0 Å². The number of carbonyl (C=O) groups is 3. The molecule has 0 saturated carbocycles. The number of para-hydroxylation sites is 1. The second kappa shape index (κ2) is 12.5. The first-order valence-corrected chi connectivity index (χ1v) is 12.6. The van der Waals surface area contributed by atoms with Gasteiger partial charge in [0.1, 0.15) is 35.7 Å². The van der Waals surface area contributed by atoms with Crippen molar-refractivity contribution >= 4 is 17.9 Å². The molecule has 0 aromatic heterocycles. The summed E-state index contributed by atoms with van der Waals surface area (Å²) in [6.45, 7) is 11.5. The summed E-state index contributed by atoms with van der Waals surface area (Å²) in [5.74, 6) is -1.49. The Hall–Kier alpha value is -4.26. The topological polar surface area (TPSA) is 152 Å². The van der Waals surface area contributed by atoms with Crippen LogP contribution in [-0.4, -0.2) is 56.7 Å². The van der Waals surface area contributed by atoms with E-state index in [0.717, 1.165) is 4.90 Å². The largest absolute Gasteiger partial charge is 0.508 e. The van der Waals surface area contributed by atoms with Crippen molar-refractivity contribution in [3.8, 4) is 17.6 Å². The van der Waals surface area contributed by atoms with E-state index >= 15 is 0 Å². The predicted molar refractivity (Wildman–Crippen MR) is 146 cm³/mol. The van der Waals surface area contributed by atoms with Crippen molar-refractivity contribution < 1.29 is 29.3 Å². The van der Waals surface area contributed by atoms with E-state index in [1.54, 1.807) is 72.7 Å². The number of nitrogens with zero attached hydrogens (tertiary/aromatic N) is 2. The van der Waals surface area contributed by atoms with Crippen LogP contribution in [0.3, 0.4) is 0 Å². The molecule has 0 radical (unpaired) electrons. The van der Waals surface area contributed by atoms with Gasteiger partial charge in [0.2, 0.25) is 11.8 Å². The van der Waals surface area contributed by atoms with Crippen LogP contribution in [0.1, 0.15) is 64.3 Å². The van der Waals surface area contributed by atoms with E-state index in [2.05, 4.69) is 10.6 Å². The number of benzene rings is 2. The number of ether oxygens (including phenoxy) is 1. The number of aryl methyl sites for hydroxylation is 1. The molecule has 0 aliphatic carbocycles. The zero-order valence-corrected chi connectivity index (χ0v) is 23.5. The Morgan fingerprint density at radius 3 is 2.18 bits per heavy atom. The van der Waals surface area contributed by atoms with Crippen LogP contribution in [0.25, 0.3) is 0 Å². The summed E-state index contributed by atoms with van der Waals surface area (Å²) in [6, 6.07) is 10.2. The number of hydrogen-bond donors (Lipinski definition) is 4. The Labute approximate surface area is 229 Å². The predicted octanol–water partition coefficient (Wildman–Crippen LogP) is 3.85. The van der Waals surface area contributed by atoms with Crippen LogP contribution < -0.4 is 10.6 Å². The molecule has 0 saturated heterocycles. The molecule has 2 unspecified atom stereocenters. The van der Waals surface area contributed by atoms with Crippen molar-refractivity contribution in [2.45, 2.75) is 78.1 Å². The van der Waals surface area contributed by atoms with Crippen molar-refractivity contribution in [1.29, 1.82) is 5.26 Å². The Balaban J connectivity index is 2.61. The molecule has 0 spiro atoms. The normalized spacial score (nSPS) is 13.0. The number of hydrogen-bond acceptors (Lipinski definition) is 7. The maximum Gasteiger partial charge on any atom is 0.408 e. The van der Waals surface area contributed by atoms with Crippen LogP contribution >= 0.6 is 0 Å². The second-order valence-electron chi connectivity index (χ2n) is 11.3. The molecule has 3 amide bonds. The van der Waals surface area contributed by atoms with Gasteiger partial charge in [0.25, 0.3) is 0 Å². The van der Waals surface area contributed by atoms with E-state index in [4.69, 9.17) is 4.74 Å². The molecule has 2 aromatic carbocycles. The van der Waals surface area contributed by atoms with Gasteiger partial charge in [0, 0.05) is 17.5 Å². The third-order valence-electron chi connectivity index (χ3n) is 5.51. The van der Waals surface area contributed by atoms with Gasteiger partial charge < -0.3 is 30.5 Å². The molecule has 2 rings (SSSR count). The molecule has 0 fully saturated rings. The van der Waals surface area contributed by atoms with Gasteiger partial charge in [-0.2, -0.15) is 5.26 Å². The zero-order chi connectivity index (χ0) is 29.5. The highest BCUT2D eigenvalue weighted by Crippen LogP contribution is 2.32. The quantitative estimate of drug-likeness (QED) is 0.373. The number of carbonyl (C=O) groups excluding carboxylic acids is 3. The van der Waals surface area contributed by atoms with E-state index in [1.165, 1.54) is 18.2 Å². The van der Waals surface area contributed by atoms with Gasteiger partial charge in [-0.3, -0.25) is 9.59 Å². The summed E-state index contributed by atoms with van der Waals surface area (Å²) in [4.78, 5) is 41.5. The fraction of sp³-hybridized carbons (Fsp3) is 0.448. The third kappa shape index (κ3) is 9.21. The monoisotopic (exact) mass is 538 g/mol. The summed E-state index contributed by atoms with van der Waals surface area (Å²) in [5.41, 5.74) is -0.298. The highest BCUT2D eigenvalue weighted by atomic mass is 16.6. The summed E-state index contributed by atoms with van der Waals surface area (Å²) in [6.07, 6.45) is -0.876. The first kappa shape index (κ1) is 31.0. The fourth-order valence-electron chi connectivity index (χ4n) is 3.88. The highest BCUT2D eigenvalue weighted by Gasteiger charge is 2.38. The van der Waals surface area contributed by atoms with Crippen LogP contribution in [-0.2, 0) is 20.7 Å². The molecular formula is C29H38N4O6. The standard InChI is InChI=1S/C29H38N4O6/c1-18-9-8-10-21(24(18)35)23(25(36)32-28(2,3)4)33(16-15-30)26(37)22(31-27(38)39-29(5,6)7)17-19-11-13-20(34)14-12-19/h8-14,22-23,34-35H,16-17H2,1-7H3,(H,31,38)(H,32,36). The molecule has 0 bridgehead atoms. The summed E-state index contributed by atoms with van der Waals surface area (Å²) < 4.78 is 5.36. The lowest BCUT2D eigenvalue weighted by molar-refractivity contribution is -0.142. The van der Waals surface area contributed by atoms with Gasteiger partial charge in [-0.05, 0) is 71.7 Å². The van der Waals surface area contributed by atoms with Crippen LogP contribution in [0.4, 0.5) is 4.79 Å². The minimum Gasteiger partial charge on any atom is -0.508 e. The SMILES string of the molecule is Cc1cccc(C(C(=O)NC(C)(C)C)N(CC#N)C(=O)C(Cc2ccc(O)cc2)NC(=O)OC(C)(C)C)c1O. The van der Waals surface area contributed by atoms with Crippen LogP contribution in [0.15, 0.2) is 42.5 Å². The zero-order valence-electron chi connectivity index (χ0n) is 23.5. The maximum atomic E-state index is 14.1. The number of nitriles is 1. The summed E-state index contributed by atoms with van der Waals surface area (Å²) in [5, 5.41) is 35.6. The molecule has 210 valence electrons. The first-order chi connectivity index (χ1) is 18.0. The highest BCUT2D eigenvalue weighted by molar-refractivity contribution is 5.93. The number of rotatable bonds is 8. The average Bonchev–Trinajstić information content (AvgIpc) is 2.79. The van der Waals surface area contributed by atoms with E-state index in [-0.39, 0.29) is 23.5 Å². The van der Waals surface area contributed by atoms with Gasteiger partial charge in [-0.25, -0.2) is 4.79 Å². The summed E-state index contributed by atoms with van der Waals surface area (Å²) in [7, 11) is 0. The molecule has 2 atom stereocenters. The first-order valence-electron chi connectivity index (χ1n) is 12.6. The van der Waals surface area contributed by atoms with Crippen molar-refractivity contribution in [3.05, 3.63) is 59.2 Å². The van der Waals surface area contributed by atoms with Crippen molar-refractivity contribution in [2.75, 3.05) is 6.54 Å². The van der Waals surface area contributed by atoms with Crippen molar-refractivity contribution in [1.82, 2.24) is 15.5 Å². The van der Waals surface area contributed by atoms with E-state index in [9.17, 15) is 29.9 Å². The number of amides is 3. The maximum absolute atomic E-state index is 14.1. The molecule has 39 heavy (non-hydrogen) atoms. The lowest BCUT2D eigenvalue weighted by Gasteiger charge is -2.35. The minimum atomic E-state index is -1.38. The Morgan fingerprint density at radius 1 is 1.03 bits per heavy atom. The number of nitrogens with one attached hydrogen (secondary N) is 2. The minimum absolute atomic E-state index is 0.0201. The number of phenols is 2. The number of alkyl carbamates (subject to hydrolysis) is 1. The molecular weight excluding hydrogens is 500 g/mol. The number of aromatic hydroxyl groups is 2. The van der Waals surface area contributed by atoms with Crippen molar-refractivity contribution in [3.63, 3.8) is 0 Å². The van der Waals surface area contributed by atoms with E-state index in [0.29, 0.717) is 11.1 Å². The Morgan fingerprint density at radius 2 is 1.64 bits per heavy atom. The van der Waals surface area contributed by atoms with Crippen molar-refractivity contribution in [2.24, 2.45) is 0 Å². The Kier molecular flexibility index (Phi) is 9.94. The summed E-state index contributed by atoms with van der Waals surface area (Å²) >= 11 is 0. The van der Waals surface area contributed by atoms with Gasteiger partial charge in [-0.15, -0.1) is 0 Å². The molecule has 10 heteroatoms. The average molecular weight is 539 g/mol. The molecule has 0 aliphatic rings. The van der Waals surface area contributed by atoms with Gasteiger partial charge >= 0.3 is 6.09 Å². The molecule has 0 heterocycles. The van der Waals surface area contributed by atoms with Crippen LogP contribution in [0, 0.1) is 18.3 Å². The van der Waals surface area contributed by atoms with E-state index in [1.807, 2.05) is 6.07 Å². The third-order valence-corrected chi connectivity index (χ3v) is 5.51.